The number of carbonyl (C=O) groups excluding carboxylic acids is 1. The fourth-order valence-electron chi connectivity index (χ4n) is 3.45. The van der Waals surface area contributed by atoms with Gasteiger partial charge in [0.2, 0.25) is 5.91 Å². The molecule has 0 radical (unpaired) electrons. The average molecular weight is 268 g/mol. The summed E-state index contributed by atoms with van der Waals surface area (Å²) in [5.74, 6) is 0.577. The molecule has 3 N–H and O–H groups in total. The molecule has 0 aromatic rings. The van der Waals surface area contributed by atoms with Crippen molar-refractivity contribution in [2.75, 3.05) is 13.2 Å². The van der Waals surface area contributed by atoms with Gasteiger partial charge in [-0.15, -0.1) is 0 Å². The molecule has 19 heavy (non-hydrogen) atoms. The number of nitrogens with two attached hydrogens (primary N) is 1. The van der Waals surface area contributed by atoms with Crippen molar-refractivity contribution in [2.24, 2.45) is 11.7 Å². The minimum Gasteiger partial charge on any atom is -0.377 e. The highest BCUT2D eigenvalue weighted by atomic mass is 16.5. The summed E-state index contributed by atoms with van der Waals surface area (Å²) < 4.78 is 5.63. The zero-order chi connectivity index (χ0) is 13.7. The van der Waals surface area contributed by atoms with Crippen LogP contribution in [0.3, 0.4) is 0 Å². The van der Waals surface area contributed by atoms with Gasteiger partial charge in [0, 0.05) is 13.2 Å². The van der Waals surface area contributed by atoms with E-state index in [2.05, 4.69) is 12.2 Å². The van der Waals surface area contributed by atoms with Gasteiger partial charge >= 0.3 is 0 Å². The van der Waals surface area contributed by atoms with Gasteiger partial charge in [-0.2, -0.15) is 0 Å². The van der Waals surface area contributed by atoms with Crippen molar-refractivity contribution >= 4 is 5.91 Å². The zero-order valence-electron chi connectivity index (χ0n) is 12.1. The maximum Gasteiger partial charge on any atom is 0.237 e. The summed E-state index contributed by atoms with van der Waals surface area (Å²) in [4.78, 5) is 11.9. The van der Waals surface area contributed by atoms with Crippen LogP contribution in [0.4, 0.5) is 0 Å². The van der Waals surface area contributed by atoms with Crippen LogP contribution in [0.15, 0.2) is 0 Å². The van der Waals surface area contributed by atoms with E-state index in [9.17, 15) is 4.79 Å². The Morgan fingerprint density at radius 1 is 1.32 bits per heavy atom. The summed E-state index contributed by atoms with van der Waals surface area (Å²) >= 11 is 0. The van der Waals surface area contributed by atoms with Crippen LogP contribution in [0.2, 0.25) is 0 Å². The van der Waals surface area contributed by atoms with Crippen LogP contribution < -0.4 is 11.1 Å². The predicted molar refractivity (Wildman–Crippen MR) is 75.8 cm³/mol. The summed E-state index contributed by atoms with van der Waals surface area (Å²) in [5, 5.41) is 3.46. The molecule has 1 saturated heterocycles. The Hall–Kier alpha value is -0.610. The number of hydrogen-bond acceptors (Lipinski definition) is 3. The summed E-state index contributed by atoms with van der Waals surface area (Å²) in [6, 6.07) is 0. The van der Waals surface area contributed by atoms with Crippen molar-refractivity contribution in [3.05, 3.63) is 0 Å². The van der Waals surface area contributed by atoms with Crippen LogP contribution in [-0.4, -0.2) is 30.7 Å². The maximum absolute atomic E-state index is 11.9. The van der Waals surface area contributed by atoms with Gasteiger partial charge in [0.25, 0.3) is 0 Å². The first kappa shape index (κ1) is 14.8. The fraction of sp³-hybridized carbons (Fsp3) is 0.933. The maximum atomic E-state index is 11.9. The Kier molecular flexibility index (Phi) is 5.22. The van der Waals surface area contributed by atoms with Crippen LogP contribution in [0.25, 0.3) is 0 Å². The summed E-state index contributed by atoms with van der Waals surface area (Å²) in [5.41, 5.74) is 5.21. The van der Waals surface area contributed by atoms with Gasteiger partial charge in [0.15, 0.2) is 0 Å². The highest BCUT2D eigenvalue weighted by Gasteiger charge is 2.38. The van der Waals surface area contributed by atoms with Gasteiger partial charge in [-0.1, -0.05) is 26.2 Å². The van der Waals surface area contributed by atoms with Crippen LogP contribution in [0, 0.1) is 5.92 Å². The minimum absolute atomic E-state index is 0.178. The number of amides is 1. The van der Waals surface area contributed by atoms with Crippen molar-refractivity contribution in [1.82, 2.24) is 5.32 Å². The van der Waals surface area contributed by atoms with E-state index in [0.717, 1.165) is 57.6 Å². The molecule has 1 heterocycles. The number of hydrogen-bond donors (Lipinski definition) is 2. The Labute approximate surface area is 116 Å². The third kappa shape index (κ3) is 3.69. The second-order valence-electron chi connectivity index (χ2n) is 6.17. The number of ether oxygens (including phenoxy) is 1. The van der Waals surface area contributed by atoms with E-state index in [1.165, 1.54) is 12.8 Å². The molecule has 0 aromatic heterocycles. The zero-order valence-corrected chi connectivity index (χ0v) is 12.1. The van der Waals surface area contributed by atoms with E-state index in [4.69, 9.17) is 10.5 Å². The molecule has 4 heteroatoms. The first-order valence-electron chi connectivity index (χ1n) is 7.83. The van der Waals surface area contributed by atoms with E-state index in [-0.39, 0.29) is 12.0 Å². The molecule has 0 spiro atoms. The summed E-state index contributed by atoms with van der Waals surface area (Å²) in [6.45, 7) is 3.86. The molecule has 2 aliphatic rings. The second kappa shape index (κ2) is 6.71. The lowest BCUT2D eigenvalue weighted by Gasteiger charge is -2.32. The first-order valence-corrected chi connectivity index (χ1v) is 7.83. The molecular weight excluding hydrogens is 240 g/mol. The number of rotatable bonds is 5. The van der Waals surface area contributed by atoms with Gasteiger partial charge in [0.1, 0.15) is 0 Å². The van der Waals surface area contributed by atoms with Gasteiger partial charge in [-0.3, -0.25) is 4.79 Å². The van der Waals surface area contributed by atoms with Crippen molar-refractivity contribution < 1.29 is 9.53 Å². The standard InChI is InChI=1S/C15H28N2O2/c1-2-12-5-3-8-15(9-7-12,14(16)18)17-11-13-6-4-10-19-13/h12-13,17H,2-11H2,1H3,(H2,16,18). The summed E-state index contributed by atoms with van der Waals surface area (Å²) in [6.07, 6.45) is 8.90. The molecule has 2 fully saturated rings. The van der Waals surface area contributed by atoms with Gasteiger partial charge in [-0.25, -0.2) is 0 Å². The lowest BCUT2D eigenvalue weighted by Crippen LogP contribution is -2.56. The van der Waals surface area contributed by atoms with Crippen molar-refractivity contribution in [1.29, 1.82) is 0 Å². The normalized spacial score (nSPS) is 36.1. The predicted octanol–water partition coefficient (Wildman–Crippen LogP) is 1.97. The molecule has 1 amide bonds. The molecule has 110 valence electrons. The Balaban J connectivity index is 1.94. The number of nitrogens with one attached hydrogen (secondary N) is 1. The molecule has 4 nitrogen and oxygen atoms in total. The molecule has 1 aliphatic heterocycles. The molecule has 3 atom stereocenters. The van der Waals surface area contributed by atoms with E-state index < -0.39 is 5.54 Å². The summed E-state index contributed by atoms with van der Waals surface area (Å²) in [7, 11) is 0. The fourth-order valence-corrected chi connectivity index (χ4v) is 3.45. The third-order valence-electron chi connectivity index (χ3n) is 4.94. The van der Waals surface area contributed by atoms with Gasteiger partial charge in [0.05, 0.1) is 11.6 Å². The lowest BCUT2D eigenvalue weighted by atomic mass is 9.88. The van der Waals surface area contributed by atoms with E-state index in [0.29, 0.717) is 0 Å². The highest BCUT2D eigenvalue weighted by Crippen LogP contribution is 2.32. The van der Waals surface area contributed by atoms with Gasteiger partial charge in [-0.05, 0) is 38.0 Å². The van der Waals surface area contributed by atoms with Crippen molar-refractivity contribution in [3.63, 3.8) is 0 Å². The van der Waals surface area contributed by atoms with E-state index >= 15 is 0 Å². The smallest absolute Gasteiger partial charge is 0.237 e. The molecule has 0 bridgehead atoms. The van der Waals surface area contributed by atoms with Crippen LogP contribution in [0.5, 0.6) is 0 Å². The molecule has 0 aromatic carbocycles. The topological polar surface area (TPSA) is 64.3 Å². The average Bonchev–Trinajstić information content (AvgIpc) is 2.82. The van der Waals surface area contributed by atoms with Crippen LogP contribution in [-0.2, 0) is 9.53 Å². The largest absolute Gasteiger partial charge is 0.377 e. The Morgan fingerprint density at radius 3 is 2.79 bits per heavy atom. The monoisotopic (exact) mass is 268 g/mol. The second-order valence-corrected chi connectivity index (χ2v) is 6.17. The molecule has 2 rings (SSSR count). The van der Waals surface area contributed by atoms with Crippen molar-refractivity contribution in [3.8, 4) is 0 Å². The first-order chi connectivity index (χ1) is 9.16. The highest BCUT2D eigenvalue weighted by molar-refractivity contribution is 5.84. The van der Waals surface area contributed by atoms with Crippen LogP contribution >= 0.6 is 0 Å². The SMILES string of the molecule is CCC1CCCC(NCC2CCCO2)(C(N)=O)CC1. The Morgan fingerprint density at radius 2 is 2.16 bits per heavy atom. The molecular formula is C15H28N2O2. The molecule has 1 saturated carbocycles. The third-order valence-corrected chi connectivity index (χ3v) is 4.94. The molecule has 3 unspecified atom stereocenters. The number of carbonyl (C=O) groups is 1. The van der Waals surface area contributed by atoms with Crippen molar-refractivity contribution in [2.45, 2.75) is 69.9 Å². The quantitative estimate of drug-likeness (QED) is 0.749. The van der Waals surface area contributed by atoms with Gasteiger partial charge < -0.3 is 15.8 Å². The molecule has 1 aliphatic carbocycles. The minimum atomic E-state index is -0.490. The lowest BCUT2D eigenvalue weighted by molar-refractivity contribution is -0.125. The Bertz CT molecular complexity index is 303. The van der Waals surface area contributed by atoms with Crippen LogP contribution in [0.1, 0.15) is 58.3 Å². The van der Waals surface area contributed by atoms with E-state index in [1.54, 1.807) is 0 Å². The van der Waals surface area contributed by atoms with E-state index in [1.807, 2.05) is 0 Å². The number of primary amides is 1.